The zero-order valence-electron chi connectivity index (χ0n) is 16.0. The number of ether oxygens (including phenoxy) is 1. The van der Waals surface area contributed by atoms with Crippen molar-refractivity contribution in [2.75, 3.05) is 7.11 Å². The first kappa shape index (κ1) is 19.6. The number of halogens is 2. The number of rotatable bonds is 5. The van der Waals surface area contributed by atoms with Crippen molar-refractivity contribution in [1.82, 2.24) is 20.2 Å². The number of aromatic nitrogens is 2. The standard InChI is InChI=1S/C21H18F2N4O3/c1-30-16-4-2-13(3-5-16)17-10-27-11-18(25-19(27)21(29)26-17)20(28)24-9-12-6-14(22)8-15(23)7-12/h2-8,11,17H,9-10H2,1H3,(H,24,28)(H,26,29). The van der Waals surface area contributed by atoms with E-state index in [9.17, 15) is 18.4 Å². The van der Waals surface area contributed by atoms with Crippen LogP contribution < -0.4 is 15.4 Å². The lowest BCUT2D eigenvalue weighted by atomic mass is 10.1. The first-order valence-corrected chi connectivity index (χ1v) is 9.18. The third-order valence-corrected chi connectivity index (χ3v) is 4.79. The summed E-state index contributed by atoms with van der Waals surface area (Å²) >= 11 is 0. The molecule has 1 aliphatic heterocycles. The molecule has 9 heteroatoms. The number of nitrogens with zero attached hydrogens (tertiary/aromatic N) is 2. The summed E-state index contributed by atoms with van der Waals surface area (Å²) in [5.41, 5.74) is 1.22. The highest BCUT2D eigenvalue weighted by atomic mass is 19.1. The number of nitrogens with one attached hydrogen (secondary N) is 2. The Balaban J connectivity index is 1.47. The number of fused-ring (bicyclic) bond motifs is 1. The second-order valence-corrected chi connectivity index (χ2v) is 6.86. The van der Waals surface area contributed by atoms with Crippen molar-refractivity contribution in [3.8, 4) is 5.75 Å². The third kappa shape index (κ3) is 4.00. The number of carbonyl (C=O) groups is 2. The molecule has 30 heavy (non-hydrogen) atoms. The second-order valence-electron chi connectivity index (χ2n) is 6.86. The summed E-state index contributed by atoms with van der Waals surface area (Å²) in [5.74, 6) is -1.55. The summed E-state index contributed by atoms with van der Waals surface area (Å²) in [4.78, 5) is 29.0. The quantitative estimate of drug-likeness (QED) is 0.675. The van der Waals surface area contributed by atoms with E-state index in [0.29, 0.717) is 12.3 Å². The van der Waals surface area contributed by atoms with Gasteiger partial charge in [-0.1, -0.05) is 12.1 Å². The summed E-state index contributed by atoms with van der Waals surface area (Å²) in [6.07, 6.45) is 1.49. The van der Waals surface area contributed by atoms with Gasteiger partial charge in [-0.05, 0) is 35.4 Å². The predicted molar refractivity (Wildman–Crippen MR) is 103 cm³/mol. The van der Waals surface area contributed by atoms with Crippen LogP contribution in [0.3, 0.4) is 0 Å². The van der Waals surface area contributed by atoms with Crippen molar-refractivity contribution >= 4 is 11.8 Å². The lowest BCUT2D eigenvalue weighted by Crippen LogP contribution is -2.38. The molecule has 0 saturated carbocycles. The normalized spacial score (nSPS) is 15.3. The second kappa shape index (κ2) is 7.94. The predicted octanol–water partition coefficient (Wildman–Crippen LogP) is 2.58. The molecule has 3 aromatic rings. The number of carbonyl (C=O) groups excluding carboxylic acids is 2. The van der Waals surface area contributed by atoms with Gasteiger partial charge >= 0.3 is 0 Å². The van der Waals surface area contributed by atoms with Crippen LogP contribution in [-0.2, 0) is 13.1 Å². The zero-order chi connectivity index (χ0) is 21.3. The molecule has 0 aliphatic carbocycles. The maximum absolute atomic E-state index is 13.3. The fourth-order valence-electron chi connectivity index (χ4n) is 3.32. The van der Waals surface area contributed by atoms with Crippen molar-refractivity contribution in [2.45, 2.75) is 19.1 Å². The number of benzene rings is 2. The molecule has 1 aromatic heterocycles. The molecule has 154 valence electrons. The third-order valence-electron chi connectivity index (χ3n) is 4.79. The van der Waals surface area contributed by atoms with Gasteiger partial charge in [0.05, 0.1) is 13.2 Å². The van der Waals surface area contributed by atoms with E-state index in [0.717, 1.165) is 23.8 Å². The van der Waals surface area contributed by atoms with Crippen LogP contribution >= 0.6 is 0 Å². The largest absolute Gasteiger partial charge is 0.497 e. The Morgan fingerprint density at radius 2 is 1.93 bits per heavy atom. The molecule has 0 saturated heterocycles. The maximum atomic E-state index is 13.3. The highest BCUT2D eigenvalue weighted by molar-refractivity contribution is 5.96. The van der Waals surface area contributed by atoms with Gasteiger partial charge in [0.15, 0.2) is 5.82 Å². The van der Waals surface area contributed by atoms with Gasteiger partial charge in [0, 0.05) is 25.4 Å². The minimum absolute atomic E-state index is 0.0485. The Morgan fingerprint density at radius 1 is 1.23 bits per heavy atom. The van der Waals surface area contributed by atoms with E-state index in [2.05, 4.69) is 15.6 Å². The summed E-state index contributed by atoms with van der Waals surface area (Å²) in [6, 6.07) is 10.1. The number of imidazole rings is 1. The van der Waals surface area contributed by atoms with Gasteiger partial charge < -0.3 is 19.9 Å². The van der Waals surface area contributed by atoms with Gasteiger partial charge in [0.1, 0.15) is 23.1 Å². The van der Waals surface area contributed by atoms with Gasteiger partial charge in [0.25, 0.3) is 11.8 Å². The fourth-order valence-corrected chi connectivity index (χ4v) is 3.32. The van der Waals surface area contributed by atoms with Crippen LogP contribution in [0.25, 0.3) is 0 Å². The highest BCUT2D eigenvalue weighted by Gasteiger charge is 2.28. The molecule has 1 unspecified atom stereocenters. The van der Waals surface area contributed by atoms with Crippen molar-refractivity contribution in [1.29, 1.82) is 0 Å². The van der Waals surface area contributed by atoms with Crippen LogP contribution in [0.15, 0.2) is 48.7 Å². The summed E-state index contributed by atoms with van der Waals surface area (Å²) in [7, 11) is 1.58. The Kier molecular flexibility index (Phi) is 5.18. The highest BCUT2D eigenvalue weighted by Crippen LogP contribution is 2.23. The van der Waals surface area contributed by atoms with Gasteiger partial charge in [-0.15, -0.1) is 0 Å². The summed E-state index contributed by atoms with van der Waals surface area (Å²) < 4.78 is 33.3. The van der Waals surface area contributed by atoms with Gasteiger partial charge in [-0.25, -0.2) is 13.8 Å². The summed E-state index contributed by atoms with van der Waals surface area (Å²) in [6.45, 7) is 0.333. The molecular weight excluding hydrogens is 394 g/mol. The van der Waals surface area contributed by atoms with E-state index in [-0.39, 0.29) is 29.7 Å². The molecule has 0 fully saturated rings. The average molecular weight is 412 g/mol. The topological polar surface area (TPSA) is 85.2 Å². The van der Waals surface area contributed by atoms with E-state index in [1.54, 1.807) is 23.8 Å². The average Bonchev–Trinajstić information content (AvgIpc) is 3.16. The molecule has 7 nitrogen and oxygen atoms in total. The summed E-state index contributed by atoms with van der Waals surface area (Å²) in [5, 5.41) is 5.43. The van der Waals surface area contributed by atoms with Crippen molar-refractivity contribution in [3.05, 3.63) is 82.9 Å². The molecule has 1 aliphatic rings. The van der Waals surface area contributed by atoms with Crippen molar-refractivity contribution in [2.24, 2.45) is 0 Å². The molecule has 0 spiro atoms. The van der Waals surface area contributed by atoms with Gasteiger partial charge in [-0.2, -0.15) is 0 Å². The van der Waals surface area contributed by atoms with Gasteiger partial charge in [-0.3, -0.25) is 9.59 Å². The molecule has 2 heterocycles. The SMILES string of the molecule is COc1ccc(C2Cn3cc(C(=O)NCc4cc(F)cc(F)c4)nc3C(=O)N2)cc1. The molecule has 1 atom stereocenters. The molecule has 2 aromatic carbocycles. The minimum atomic E-state index is -0.724. The van der Waals surface area contributed by atoms with Crippen LogP contribution in [0.5, 0.6) is 5.75 Å². The van der Waals surface area contributed by atoms with Crippen LogP contribution in [-0.4, -0.2) is 28.5 Å². The Bertz CT molecular complexity index is 1090. The van der Waals surface area contributed by atoms with Crippen LogP contribution in [0.2, 0.25) is 0 Å². The van der Waals surface area contributed by atoms with E-state index >= 15 is 0 Å². The lowest BCUT2D eigenvalue weighted by molar-refractivity contribution is 0.0894. The van der Waals surface area contributed by atoms with Crippen molar-refractivity contribution < 1.29 is 23.1 Å². The van der Waals surface area contributed by atoms with E-state index < -0.39 is 23.4 Å². The smallest absolute Gasteiger partial charge is 0.287 e. The first-order valence-electron chi connectivity index (χ1n) is 9.18. The molecule has 0 bridgehead atoms. The maximum Gasteiger partial charge on any atom is 0.287 e. The van der Waals surface area contributed by atoms with Crippen LogP contribution in [0, 0.1) is 11.6 Å². The Labute approximate surface area is 170 Å². The lowest BCUT2D eigenvalue weighted by Gasteiger charge is -2.25. The number of methoxy groups -OCH3 is 1. The molecule has 2 amide bonds. The minimum Gasteiger partial charge on any atom is -0.497 e. The molecule has 0 radical (unpaired) electrons. The molecule has 2 N–H and O–H groups in total. The number of hydrogen-bond donors (Lipinski definition) is 2. The Morgan fingerprint density at radius 3 is 2.60 bits per heavy atom. The van der Waals surface area contributed by atoms with Crippen LogP contribution in [0.4, 0.5) is 8.78 Å². The van der Waals surface area contributed by atoms with Gasteiger partial charge in [0.2, 0.25) is 0 Å². The number of amides is 2. The van der Waals surface area contributed by atoms with E-state index in [1.165, 1.54) is 6.20 Å². The van der Waals surface area contributed by atoms with E-state index in [4.69, 9.17) is 4.74 Å². The Hall–Kier alpha value is -3.75. The zero-order valence-corrected chi connectivity index (χ0v) is 16.0. The number of hydrogen-bond acceptors (Lipinski definition) is 4. The molecular formula is C21H18F2N4O3. The van der Waals surface area contributed by atoms with E-state index in [1.807, 2.05) is 12.1 Å². The molecule has 4 rings (SSSR count). The van der Waals surface area contributed by atoms with Crippen molar-refractivity contribution in [3.63, 3.8) is 0 Å². The monoisotopic (exact) mass is 412 g/mol. The fraction of sp³-hybridized carbons (Fsp3) is 0.190. The van der Waals surface area contributed by atoms with Crippen LogP contribution in [0.1, 0.15) is 38.3 Å². The first-order chi connectivity index (χ1) is 14.4.